The first-order valence-electron chi connectivity index (χ1n) is 5.41. The van der Waals surface area contributed by atoms with Crippen LogP contribution in [0.1, 0.15) is 46.6 Å². The summed E-state index contributed by atoms with van der Waals surface area (Å²) in [5, 5.41) is 3.72. The van der Waals surface area contributed by atoms with Crippen LogP contribution in [0.4, 0.5) is 0 Å². The molecular weight excluding hydrogens is 188 g/mol. The molecule has 0 aliphatic heterocycles. The Labute approximate surface area is 92.0 Å². The zero-order valence-corrected chi connectivity index (χ0v) is 11.1. The van der Waals surface area contributed by atoms with Crippen LogP contribution in [-0.4, -0.2) is 0 Å². The molecule has 0 spiro atoms. The van der Waals surface area contributed by atoms with Crippen molar-refractivity contribution in [3.63, 3.8) is 0 Å². The SMILES string of the molecule is C/C=c1/scc(C)/c1=C(\C)CC.CC. The summed E-state index contributed by atoms with van der Waals surface area (Å²) in [6.45, 7) is 12.7. The van der Waals surface area contributed by atoms with E-state index in [1.807, 2.05) is 25.2 Å². The van der Waals surface area contributed by atoms with Crippen molar-refractivity contribution in [3.8, 4) is 0 Å². The summed E-state index contributed by atoms with van der Waals surface area (Å²) in [5.41, 5.74) is 2.93. The highest BCUT2D eigenvalue weighted by molar-refractivity contribution is 7.07. The van der Waals surface area contributed by atoms with E-state index >= 15 is 0 Å². The van der Waals surface area contributed by atoms with Gasteiger partial charge in [0.1, 0.15) is 0 Å². The Hall–Kier alpha value is -0.560. The molecule has 0 saturated heterocycles. The summed E-state index contributed by atoms with van der Waals surface area (Å²) < 4.78 is 1.42. The maximum Gasteiger partial charge on any atom is 0.0302 e. The van der Waals surface area contributed by atoms with Crippen molar-refractivity contribution in [1.82, 2.24) is 0 Å². The zero-order chi connectivity index (χ0) is 11.1. The van der Waals surface area contributed by atoms with Crippen LogP contribution in [0.5, 0.6) is 0 Å². The van der Waals surface area contributed by atoms with Crippen LogP contribution in [0.25, 0.3) is 11.6 Å². The first-order chi connectivity index (χ1) is 6.70. The van der Waals surface area contributed by atoms with Crippen LogP contribution < -0.4 is 9.75 Å². The smallest absolute Gasteiger partial charge is 0.0302 e. The number of hydrogen-bond donors (Lipinski definition) is 0. The molecule has 1 heteroatoms. The van der Waals surface area contributed by atoms with E-state index < -0.39 is 0 Å². The molecule has 0 amide bonds. The maximum atomic E-state index is 2.24. The average molecular weight is 210 g/mol. The number of rotatable bonds is 1. The van der Waals surface area contributed by atoms with Gasteiger partial charge >= 0.3 is 0 Å². The largest absolute Gasteiger partial charge is 0.144 e. The maximum absolute atomic E-state index is 2.24. The van der Waals surface area contributed by atoms with Crippen molar-refractivity contribution < 1.29 is 0 Å². The molecular formula is C13H22S. The summed E-state index contributed by atoms with van der Waals surface area (Å²) in [7, 11) is 0. The predicted molar refractivity (Wildman–Crippen MR) is 69.2 cm³/mol. The van der Waals surface area contributed by atoms with Crippen molar-refractivity contribution in [1.29, 1.82) is 0 Å². The molecule has 0 N–H and O–H groups in total. The normalized spacial score (nSPS) is 13.4. The fraction of sp³-hybridized carbons (Fsp3) is 0.538. The van der Waals surface area contributed by atoms with Gasteiger partial charge in [0.2, 0.25) is 0 Å². The monoisotopic (exact) mass is 210 g/mol. The van der Waals surface area contributed by atoms with Crippen LogP contribution >= 0.6 is 11.3 Å². The van der Waals surface area contributed by atoms with Gasteiger partial charge in [0.25, 0.3) is 0 Å². The van der Waals surface area contributed by atoms with E-state index in [2.05, 4.69) is 39.2 Å². The van der Waals surface area contributed by atoms with Crippen molar-refractivity contribution >= 4 is 23.0 Å². The van der Waals surface area contributed by atoms with E-state index in [1.54, 1.807) is 0 Å². The fourth-order valence-corrected chi connectivity index (χ4v) is 2.41. The molecule has 0 unspecified atom stereocenters. The van der Waals surface area contributed by atoms with Gasteiger partial charge in [-0.05, 0) is 43.4 Å². The van der Waals surface area contributed by atoms with E-state index in [4.69, 9.17) is 0 Å². The highest BCUT2D eigenvalue weighted by Gasteiger charge is 1.96. The van der Waals surface area contributed by atoms with Gasteiger partial charge in [0.15, 0.2) is 0 Å². The van der Waals surface area contributed by atoms with Crippen molar-refractivity contribution in [2.24, 2.45) is 0 Å². The summed E-state index contributed by atoms with van der Waals surface area (Å²) in [5.74, 6) is 0. The summed E-state index contributed by atoms with van der Waals surface area (Å²) in [6.07, 6.45) is 3.35. The molecule has 1 aromatic heterocycles. The van der Waals surface area contributed by atoms with Crippen molar-refractivity contribution in [2.45, 2.75) is 48.0 Å². The molecule has 80 valence electrons. The molecule has 0 radical (unpaired) electrons. The Bertz CT molecular complexity index is 368. The molecule has 1 rings (SSSR count). The molecule has 14 heavy (non-hydrogen) atoms. The minimum Gasteiger partial charge on any atom is -0.144 e. The minimum atomic E-state index is 1.15. The molecule has 0 aliphatic rings. The van der Waals surface area contributed by atoms with Crippen molar-refractivity contribution in [3.05, 3.63) is 20.7 Å². The third kappa shape index (κ3) is 2.98. The molecule has 0 aromatic carbocycles. The van der Waals surface area contributed by atoms with Crippen molar-refractivity contribution in [2.75, 3.05) is 0 Å². The van der Waals surface area contributed by atoms with E-state index in [-0.39, 0.29) is 0 Å². The minimum absolute atomic E-state index is 1.15. The summed E-state index contributed by atoms with van der Waals surface area (Å²) in [4.78, 5) is 0. The molecule has 1 aromatic rings. The quantitative estimate of drug-likeness (QED) is 0.666. The predicted octanol–water partition coefficient (Wildman–Crippen LogP) is 3.46. The zero-order valence-electron chi connectivity index (χ0n) is 10.3. The second-order valence-electron chi connectivity index (χ2n) is 3.08. The lowest BCUT2D eigenvalue weighted by molar-refractivity contribution is 1.20. The molecule has 0 bridgehead atoms. The van der Waals surface area contributed by atoms with Gasteiger partial charge < -0.3 is 0 Å². The lowest BCUT2D eigenvalue weighted by Gasteiger charge is -1.93. The van der Waals surface area contributed by atoms with Gasteiger partial charge in [0, 0.05) is 4.53 Å². The van der Waals surface area contributed by atoms with E-state index in [0.717, 1.165) is 6.42 Å². The molecule has 0 saturated carbocycles. The van der Waals surface area contributed by atoms with E-state index in [1.165, 1.54) is 20.9 Å². The van der Waals surface area contributed by atoms with Gasteiger partial charge in [-0.15, -0.1) is 11.3 Å². The average Bonchev–Trinajstić information content (AvgIpc) is 2.61. The Morgan fingerprint density at radius 2 is 2.00 bits per heavy atom. The third-order valence-corrected chi connectivity index (χ3v) is 3.39. The van der Waals surface area contributed by atoms with E-state index in [0.29, 0.717) is 0 Å². The number of aryl methyl sites for hydroxylation is 1. The lowest BCUT2D eigenvalue weighted by atomic mass is 10.1. The first-order valence-corrected chi connectivity index (χ1v) is 6.28. The molecule has 1 heterocycles. The Kier molecular flexibility index (Phi) is 6.56. The van der Waals surface area contributed by atoms with Gasteiger partial charge in [-0.2, -0.15) is 0 Å². The van der Waals surface area contributed by atoms with E-state index in [9.17, 15) is 0 Å². The van der Waals surface area contributed by atoms with Gasteiger partial charge in [0.05, 0.1) is 0 Å². The molecule has 0 nitrogen and oxygen atoms in total. The Balaban J connectivity index is 0.000000791. The molecule has 0 fully saturated rings. The molecule has 0 aliphatic carbocycles. The fourth-order valence-electron chi connectivity index (χ4n) is 1.40. The summed E-state index contributed by atoms with van der Waals surface area (Å²) >= 11 is 1.84. The third-order valence-electron chi connectivity index (χ3n) is 2.22. The highest BCUT2D eigenvalue weighted by atomic mass is 32.1. The van der Waals surface area contributed by atoms with Crippen LogP contribution in [0.2, 0.25) is 0 Å². The first kappa shape index (κ1) is 13.4. The van der Waals surface area contributed by atoms with Crippen LogP contribution in [0.15, 0.2) is 5.38 Å². The second kappa shape index (κ2) is 6.83. The van der Waals surface area contributed by atoms with Gasteiger partial charge in [-0.25, -0.2) is 0 Å². The number of hydrogen-bond acceptors (Lipinski definition) is 1. The highest BCUT2D eigenvalue weighted by Crippen LogP contribution is 1.99. The van der Waals surface area contributed by atoms with Crippen LogP contribution in [0, 0.1) is 6.92 Å². The second-order valence-corrected chi connectivity index (χ2v) is 3.99. The van der Waals surface area contributed by atoms with Crippen LogP contribution in [-0.2, 0) is 0 Å². The van der Waals surface area contributed by atoms with Gasteiger partial charge in [-0.3, -0.25) is 0 Å². The lowest BCUT2D eigenvalue weighted by Crippen LogP contribution is -2.22. The molecule has 0 atom stereocenters. The Morgan fingerprint density at radius 1 is 1.43 bits per heavy atom. The Morgan fingerprint density at radius 3 is 2.43 bits per heavy atom. The van der Waals surface area contributed by atoms with Crippen LogP contribution in [0.3, 0.4) is 0 Å². The van der Waals surface area contributed by atoms with Gasteiger partial charge in [-0.1, -0.05) is 32.4 Å². The summed E-state index contributed by atoms with van der Waals surface area (Å²) in [6, 6.07) is 0. The number of thiophene rings is 1. The topological polar surface area (TPSA) is 0 Å². The standard InChI is InChI=1S/C11H16S.C2H6/c1-5-8(3)11-9(4)7-12-10(11)6-2;1-2/h6-7H,5H2,1-4H3;1-2H3/b10-6+,11-8-;.